The zero-order valence-corrected chi connectivity index (χ0v) is 31.3. The van der Waals surface area contributed by atoms with Crippen LogP contribution < -0.4 is 0 Å². The van der Waals surface area contributed by atoms with Gasteiger partial charge in [0.2, 0.25) is 0 Å². The zero-order chi connectivity index (χ0) is 34.7. The first-order chi connectivity index (χ1) is 22.5. The molecule has 48 heavy (non-hydrogen) atoms. The third-order valence-corrected chi connectivity index (χ3v) is 8.86. The molecule has 0 heteroatoms. The van der Waals surface area contributed by atoms with Crippen LogP contribution in [0, 0.1) is 34.6 Å². The molecule has 6 rings (SSSR count). The summed E-state index contributed by atoms with van der Waals surface area (Å²) in [6, 6.07) is 43.6. The molecule has 0 heterocycles. The second-order valence-electron chi connectivity index (χ2n) is 13.3. The fourth-order valence-corrected chi connectivity index (χ4v) is 4.73. The summed E-state index contributed by atoms with van der Waals surface area (Å²) in [5.41, 5.74) is 14.4. The van der Waals surface area contributed by atoms with Crippen molar-refractivity contribution in [2.45, 2.75) is 121 Å². The topological polar surface area (TPSA) is 0 Å². The largest absolute Gasteiger partial charge is 0.0776 e. The van der Waals surface area contributed by atoms with Crippen LogP contribution in [0.4, 0.5) is 0 Å². The van der Waals surface area contributed by atoms with Crippen LogP contribution in [0.15, 0.2) is 121 Å². The molecule has 258 valence electrons. The minimum Gasteiger partial charge on any atom is -0.0776 e. The van der Waals surface area contributed by atoms with Gasteiger partial charge >= 0.3 is 0 Å². The van der Waals surface area contributed by atoms with Crippen molar-refractivity contribution in [3.05, 3.63) is 177 Å². The SMILES string of the molecule is C.CCc1ccc(C)cc1.CCc1ccc(C)cc1.CCc1ccc(CC)cc1.Cc1ccc(C)cc1.Cc1ccc(C2(C)CC2)cc1. The van der Waals surface area contributed by atoms with Crippen molar-refractivity contribution in [1.82, 2.24) is 0 Å². The molecule has 0 spiro atoms. The molecule has 0 nitrogen and oxygen atoms in total. The quantitative estimate of drug-likeness (QED) is 0.179. The van der Waals surface area contributed by atoms with Crippen molar-refractivity contribution in [2.24, 2.45) is 0 Å². The molecule has 0 atom stereocenters. The van der Waals surface area contributed by atoms with E-state index in [1.165, 1.54) is 68.5 Å². The Morgan fingerprint density at radius 3 is 0.750 bits per heavy atom. The Labute approximate surface area is 296 Å². The van der Waals surface area contributed by atoms with Crippen LogP contribution in [0.1, 0.15) is 111 Å². The summed E-state index contributed by atoms with van der Waals surface area (Å²) in [5.74, 6) is 0. The van der Waals surface area contributed by atoms with Crippen molar-refractivity contribution >= 4 is 0 Å². The lowest BCUT2D eigenvalue weighted by Gasteiger charge is -2.07. The predicted molar refractivity (Wildman–Crippen MR) is 217 cm³/mol. The first-order valence-electron chi connectivity index (χ1n) is 17.8. The van der Waals surface area contributed by atoms with Crippen molar-refractivity contribution in [3.63, 3.8) is 0 Å². The summed E-state index contributed by atoms with van der Waals surface area (Å²) in [6.07, 6.45) is 7.31. The molecule has 0 unspecified atom stereocenters. The standard InChI is InChI=1S/C11H14.C10H14.2C9H12.C8H10.CH4/c1-9-3-5-10(6-4-9)11(2)7-8-11;1-3-9-5-7-10(4-2)8-6-9;2*1-3-9-6-4-8(2)5-7-9;1-7-3-5-8(2)6-4-7;/h3-6H,7-8H2,1-2H3;5-8H,3-4H2,1-2H3;2*4-7H,3H2,1-2H3;3-6H,1-2H3;1H4. The Morgan fingerprint density at radius 1 is 0.354 bits per heavy atom. The van der Waals surface area contributed by atoms with Gasteiger partial charge in [0, 0.05) is 0 Å². The van der Waals surface area contributed by atoms with E-state index in [2.05, 4.69) is 191 Å². The molecule has 1 aliphatic carbocycles. The lowest BCUT2D eigenvalue weighted by atomic mass is 9.98. The first-order valence-corrected chi connectivity index (χ1v) is 17.8. The molecule has 0 amide bonds. The maximum atomic E-state index is 2.34. The molecule has 0 aliphatic heterocycles. The van der Waals surface area contributed by atoms with E-state index in [4.69, 9.17) is 0 Å². The van der Waals surface area contributed by atoms with Crippen molar-refractivity contribution in [3.8, 4) is 0 Å². The molecular formula is C48H66. The number of benzene rings is 5. The monoisotopic (exact) mass is 643 g/mol. The lowest BCUT2D eigenvalue weighted by Crippen LogP contribution is -1.98. The summed E-state index contributed by atoms with van der Waals surface area (Å²) in [4.78, 5) is 0. The third kappa shape index (κ3) is 16.8. The molecule has 1 saturated carbocycles. The van der Waals surface area contributed by atoms with E-state index in [1.54, 1.807) is 0 Å². The van der Waals surface area contributed by atoms with E-state index in [0.29, 0.717) is 5.41 Å². The fourth-order valence-electron chi connectivity index (χ4n) is 4.73. The third-order valence-electron chi connectivity index (χ3n) is 8.86. The van der Waals surface area contributed by atoms with Crippen molar-refractivity contribution in [1.29, 1.82) is 0 Å². The summed E-state index contributed by atoms with van der Waals surface area (Å²) in [5, 5.41) is 0. The lowest BCUT2D eigenvalue weighted by molar-refractivity contribution is 0.787. The highest BCUT2D eigenvalue weighted by molar-refractivity contribution is 5.32. The smallest absolute Gasteiger partial charge is 0.00746 e. The molecule has 0 bridgehead atoms. The summed E-state index contributed by atoms with van der Waals surface area (Å²) in [7, 11) is 0. The summed E-state index contributed by atoms with van der Waals surface area (Å²) >= 11 is 0. The van der Waals surface area contributed by atoms with Gasteiger partial charge in [-0.15, -0.1) is 0 Å². The molecule has 5 aromatic carbocycles. The van der Waals surface area contributed by atoms with Gasteiger partial charge < -0.3 is 0 Å². The Kier molecular flexibility index (Phi) is 19.9. The maximum Gasteiger partial charge on any atom is -0.00746 e. The van der Waals surface area contributed by atoms with Gasteiger partial charge in [-0.1, -0.05) is 191 Å². The van der Waals surface area contributed by atoms with E-state index in [1.807, 2.05) is 0 Å². The molecule has 0 saturated heterocycles. The van der Waals surface area contributed by atoms with Gasteiger partial charge in [-0.05, 0) is 106 Å². The van der Waals surface area contributed by atoms with E-state index < -0.39 is 0 Å². The van der Waals surface area contributed by atoms with Crippen LogP contribution >= 0.6 is 0 Å². The van der Waals surface area contributed by atoms with Crippen LogP contribution in [0.5, 0.6) is 0 Å². The molecule has 0 aromatic heterocycles. The fraction of sp³-hybridized carbons (Fsp3) is 0.375. The van der Waals surface area contributed by atoms with Gasteiger partial charge in [0.25, 0.3) is 0 Å². The summed E-state index contributed by atoms with van der Waals surface area (Å²) in [6.45, 7) is 21.6. The van der Waals surface area contributed by atoms with Gasteiger partial charge in [0.15, 0.2) is 0 Å². The van der Waals surface area contributed by atoms with Crippen LogP contribution in [-0.4, -0.2) is 0 Å². The van der Waals surface area contributed by atoms with Crippen LogP contribution in [0.2, 0.25) is 0 Å². The van der Waals surface area contributed by atoms with Gasteiger partial charge in [-0.2, -0.15) is 0 Å². The second-order valence-corrected chi connectivity index (χ2v) is 13.3. The first kappa shape index (κ1) is 42.1. The average Bonchev–Trinajstić information content (AvgIpc) is 3.86. The molecule has 0 N–H and O–H groups in total. The van der Waals surface area contributed by atoms with E-state index >= 15 is 0 Å². The molecule has 5 aromatic rings. The Balaban J connectivity index is 0.000000300. The predicted octanol–water partition coefficient (Wildman–Crippen LogP) is 13.9. The van der Waals surface area contributed by atoms with Crippen LogP contribution in [-0.2, 0) is 31.1 Å². The number of hydrogen-bond acceptors (Lipinski definition) is 0. The molecule has 1 aliphatic rings. The molecule has 1 fully saturated rings. The maximum absolute atomic E-state index is 2.34. The van der Waals surface area contributed by atoms with E-state index in [0.717, 1.165) is 25.7 Å². The highest BCUT2D eigenvalue weighted by Gasteiger charge is 2.38. The molecule has 0 radical (unpaired) electrons. The highest BCUT2D eigenvalue weighted by atomic mass is 14.4. The summed E-state index contributed by atoms with van der Waals surface area (Å²) < 4.78 is 0. The minimum absolute atomic E-state index is 0. The number of rotatable bonds is 5. The minimum atomic E-state index is 0. The highest BCUT2D eigenvalue weighted by Crippen LogP contribution is 2.47. The van der Waals surface area contributed by atoms with E-state index in [-0.39, 0.29) is 7.43 Å². The zero-order valence-electron chi connectivity index (χ0n) is 31.3. The van der Waals surface area contributed by atoms with Gasteiger partial charge in [0.1, 0.15) is 0 Å². The normalized spacial score (nSPS) is 11.7. The second kappa shape index (κ2) is 22.6. The number of hydrogen-bond donors (Lipinski definition) is 0. The Bertz CT molecular complexity index is 1410. The Morgan fingerprint density at radius 2 is 0.542 bits per heavy atom. The van der Waals surface area contributed by atoms with Crippen LogP contribution in [0.25, 0.3) is 0 Å². The number of aryl methyl sites for hydroxylation is 9. The van der Waals surface area contributed by atoms with Crippen molar-refractivity contribution in [2.75, 3.05) is 0 Å². The van der Waals surface area contributed by atoms with Crippen LogP contribution in [0.3, 0.4) is 0 Å². The van der Waals surface area contributed by atoms with E-state index in [9.17, 15) is 0 Å². The van der Waals surface area contributed by atoms with Gasteiger partial charge in [-0.3, -0.25) is 0 Å². The van der Waals surface area contributed by atoms with Gasteiger partial charge in [0.05, 0.1) is 0 Å². The van der Waals surface area contributed by atoms with Gasteiger partial charge in [-0.25, -0.2) is 0 Å². The average molecular weight is 643 g/mol. The van der Waals surface area contributed by atoms with Crippen molar-refractivity contribution < 1.29 is 0 Å². The molecular weight excluding hydrogens is 577 g/mol. The Hall–Kier alpha value is -3.90.